The molecule has 0 atom stereocenters. The highest BCUT2D eigenvalue weighted by molar-refractivity contribution is 5.67. The summed E-state index contributed by atoms with van der Waals surface area (Å²) in [5, 5.41) is 10.3. The molecule has 0 saturated heterocycles. The number of hydrogen-bond donors (Lipinski definition) is 0. The van der Waals surface area contributed by atoms with Crippen molar-refractivity contribution >= 4 is 6.02 Å². The van der Waals surface area contributed by atoms with Crippen LogP contribution in [0.4, 0.5) is 0 Å². The second-order valence-corrected chi connectivity index (χ2v) is 1.40. The van der Waals surface area contributed by atoms with E-state index in [0.29, 0.717) is 0 Å². The number of aliphatic imine (C=N–C) groups is 1. The molecule has 0 unspecified atom stereocenters. The first-order chi connectivity index (χ1) is 3.18. The molecule has 0 aromatic rings. The Kier molecular flexibility index (Phi) is 2.19. The van der Waals surface area contributed by atoms with Crippen LogP contribution in [-0.4, -0.2) is 32.1 Å². The lowest BCUT2D eigenvalue weighted by molar-refractivity contribution is -0.232. The summed E-state index contributed by atoms with van der Waals surface area (Å²) in [6.45, 7) is 0. The van der Waals surface area contributed by atoms with Crippen molar-refractivity contribution in [1.82, 2.24) is 4.90 Å². The van der Waals surface area contributed by atoms with Crippen molar-refractivity contribution in [3.05, 3.63) is 0 Å². The van der Waals surface area contributed by atoms with Crippen LogP contribution in [-0.2, 0) is 0 Å². The van der Waals surface area contributed by atoms with E-state index in [4.69, 9.17) is 0 Å². The molecule has 0 fully saturated rings. The third-order valence-electron chi connectivity index (χ3n) is 0.574. The number of hydrogen-bond acceptors (Lipinski definition) is 2. The molecule has 0 rings (SSSR count). The maximum atomic E-state index is 10.3. The van der Waals surface area contributed by atoms with Crippen molar-refractivity contribution in [2.75, 3.05) is 21.1 Å². The van der Waals surface area contributed by atoms with Gasteiger partial charge in [0.15, 0.2) is 0 Å². The second-order valence-electron chi connectivity index (χ2n) is 1.40. The van der Waals surface area contributed by atoms with Crippen LogP contribution in [0.1, 0.15) is 0 Å². The molecule has 0 heterocycles. The van der Waals surface area contributed by atoms with Gasteiger partial charge in [0, 0.05) is 27.2 Å². The first kappa shape index (κ1) is 6.27. The summed E-state index contributed by atoms with van der Waals surface area (Å²) in [6, 6.07) is -0.194. The fourth-order valence-corrected chi connectivity index (χ4v) is 0.200. The van der Waals surface area contributed by atoms with Crippen molar-refractivity contribution in [3.63, 3.8) is 0 Å². The Hall–Kier alpha value is -0.730. The molecule has 0 aliphatic carbocycles. The van der Waals surface area contributed by atoms with Gasteiger partial charge in [0.1, 0.15) is 0 Å². The van der Waals surface area contributed by atoms with E-state index in [9.17, 15) is 5.11 Å². The molecule has 0 bridgehead atoms. The number of amidine groups is 1. The van der Waals surface area contributed by atoms with Gasteiger partial charge < -0.3 is 10.0 Å². The molecule has 0 aromatic carbocycles. The van der Waals surface area contributed by atoms with Crippen LogP contribution in [0.5, 0.6) is 0 Å². The van der Waals surface area contributed by atoms with Gasteiger partial charge in [-0.15, -0.1) is 0 Å². The molecule has 42 valence electrons. The Balaban J connectivity index is 3.56. The van der Waals surface area contributed by atoms with E-state index in [0.717, 1.165) is 0 Å². The minimum absolute atomic E-state index is 0.194. The lowest BCUT2D eigenvalue weighted by atomic mass is 10.9. The van der Waals surface area contributed by atoms with Gasteiger partial charge in [-0.3, -0.25) is 4.99 Å². The van der Waals surface area contributed by atoms with Crippen LogP contribution >= 0.6 is 0 Å². The highest BCUT2D eigenvalue weighted by Gasteiger charge is 1.77. The van der Waals surface area contributed by atoms with Gasteiger partial charge in [-0.1, -0.05) is 0 Å². The Morgan fingerprint density at radius 3 is 2.00 bits per heavy atom. The predicted octanol–water partition coefficient (Wildman–Crippen LogP) is -1.11. The van der Waals surface area contributed by atoms with E-state index < -0.39 is 0 Å². The van der Waals surface area contributed by atoms with Crippen LogP contribution in [0.15, 0.2) is 4.99 Å². The molecule has 0 N–H and O–H groups in total. The average Bonchev–Trinajstić information content (AvgIpc) is 1.65. The maximum Gasteiger partial charge on any atom is 0.0490 e. The van der Waals surface area contributed by atoms with Crippen LogP contribution in [0, 0.1) is 0 Å². The standard InChI is InChI=1S/C4H10N2O/c1-5-4(7)6(2)3/h1-3H3,(H,5,7)/p-1. The van der Waals surface area contributed by atoms with Crippen molar-refractivity contribution < 1.29 is 5.11 Å². The summed E-state index contributed by atoms with van der Waals surface area (Å²) in [7, 11) is 4.80. The molecule has 0 radical (unpaired) electrons. The molecule has 3 heteroatoms. The summed E-state index contributed by atoms with van der Waals surface area (Å²) in [6.07, 6.45) is 0. The van der Waals surface area contributed by atoms with E-state index in [1.54, 1.807) is 14.1 Å². The lowest BCUT2D eigenvalue weighted by Crippen LogP contribution is -2.33. The van der Waals surface area contributed by atoms with Gasteiger partial charge in [-0.05, 0) is 0 Å². The highest BCUT2D eigenvalue weighted by atomic mass is 16.3. The third-order valence-corrected chi connectivity index (χ3v) is 0.574. The fourth-order valence-electron chi connectivity index (χ4n) is 0.200. The van der Waals surface area contributed by atoms with Crippen molar-refractivity contribution in [3.8, 4) is 0 Å². The largest absolute Gasteiger partial charge is 0.846 e. The summed E-state index contributed by atoms with van der Waals surface area (Å²) < 4.78 is 0. The number of nitrogens with zero attached hydrogens (tertiary/aromatic N) is 2. The topological polar surface area (TPSA) is 38.7 Å². The molecule has 7 heavy (non-hydrogen) atoms. The molecule has 0 aromatic heterocycles. The Morgan fingerprint density at radius 2 is 2.00 bits per heavy atom. The zero-order valence-electron chi connectivity index (χ0n) is 4.80. The molecule has 0 spiro atoms. The smallest absolute Gasteiger partial charge is 0.0490 e. The molecule has 0 amide bonds. The van der Waals surface area contributed by atoms with Gasteiger partial charge in [-0.2, -0.15) is 0 Å². The third kappa shape index (κ3) is 2.03. The minimum atomic E-state index is -0.194. The van der Waals surface area contributed by atoms with Crippen LogP contribution < -0.4 is 5.11 Å². The zero-order chi connectivity index (χ0) is 5.86. The van der Waals surface area contributed by atoms with E-state index in [1.165, 1.54) is 11.9 Å². The van der Waals surface area contributed by atoms with Gasteiger partial charge >= 0.3 is 0 Å². The zero-order valence-corrected chi connectivity index (χ0v) is 4.80. The summed E-state index contributed by atoms with van der Waals surface area (Å²) in [5.41, 5.74) is 0. The van der Waals surface area contributed by atoms with Gasteiger partial charge in [0.2, 0.25) is 0 Å². The SMILES string of the molecule is CN=C([O-])N(C)C. The van der Waals surface area contributed by atoms with E-state index in [-0.39, 0.29) is 6.02 Å². The Labute approximate surface area is 43.3 Å². The molecule has 0 saturated carbocycles. The lowest BCUT2D eigenvalue weighted by Gasteiger charge is -2.18. The normalized spacial score (nSPS) is 11.6. The summed E-state index contributed by atoms with van der Waals surface area (Å²) in [4.78, 5) is 4.79. The van der Waals surface area contributed by atoms with Crippen LogP contribution in [0.25, 0.3) is 0 Å². The summed E-state index contributed by atoms with van der Waals surface area (Å²) >= 11 is 0. The van der Waals surface area contributed by atoms with Crippen molar-refractivity contribution in [2.24, 2.45) is 4.99 Å². The molecular formula is C4H9N2O-. The first-order valence-corrected chi connectivity index (χ1v) is 1.99. The van der Waals surface area contributed by atoms with Gasteiger partial charge in [0.25, 0.3) is 0 Å². The minimum Gasteiger partial charge on any atom is -0.846 e. The van der Waals surface area contributed by atoms with Gasteiger partial charge in [-0.25, -0.2) is 0 Å². The number of rotatable bonds is 0. The molecule has 0 aliphatic rings. The van der Waals surface area contributed by atoms with E-state index in [2.05, 4.69) is 4.99 Å². The van der Waals surface area contributed by atoms with E-state index >= 15 is 0 Å². The first-order valence-electron chi connectivity index (χ1n) is 1.99. The van der Waals surface area contributed by atoms with E-state index in [1.807, 2.05) is 0 Å². The predicted molar refractivity (Wildman–Crippen MR) is 27.0 cm³/mol. The van der Waals surface area contributed by atoms with Gasteiger partial charge in [0.05, 0.1) is 0 Å². The molecule has 3 nitrogen and oxygen atoms in total. The van der Waals surface area contributed by atoms with Crippen molar-refractivity contribution in [1.29, 1.82) is 0 Å². The molecular weight excluding hydrogens is 92.1 g/mol. The van der Waals surface area contributed by atoms with Crippen molar-refractivity contribution in [2.45, 2.75) is 0 Å². The van der Waals surface area contributed by atoms with Crippen LogP contribution in [0.2, 0.25) is 0 Å². The second kappa shape index (κ2) is 2.44. The van der Waals surface area contributed by atoms with Crippen LogP contribution in [0.3, 0.4) is 0 Å². The average molecular weight is 101 g/mol. The maximum absolute atomic E-state index is 10.3. The highest BCUT2D eigenvalue weighted by Crippen LogP contribution is 1.68. The monoisotopic (exact) mass is 101 g/mol. The molecule has 0 aliphatic heterocycles. The quantitative estimate of drug-likeness (QED) is 0.287. The Bertz CT molecular complexity index is 77.8. The Morgan fingerprint density at radius 1 is 1.57 bits per heavy atom. The summed E-state index contributed by atoms with van der Waals surface area (Å²) in [5.74, 6) is 0. The fraction of sp³-hybridized carbons (Fsp3) is 0.750.